The third kappa shape index (κ3) is 5.88. The Balaban J connectivity index is 1.62. The van der Waals surface area contributed by atoms with Crippen LogP contribution in [0.3, 0.4) is 0 Å². The Morgan fingerprint density at radius 2 is 1.76 bits per heavy atom. The van der Waals surface area contributed by atoms with Gasteiger partial charge in [-0.15, -0.1) is 0 Å². The van der Waals surface area contributed by atoms with Gasteiger partial charge < -0.3 is 15.0 Å². The van der Waals surface area contributed by atoms with Gasteiger partial charge in [-0.3, -0.25) is 14.6 Å². The van der Waals surface area contributed by atoms with E-state index in [4.69, 9.17) is 4.74 Å². The Morgan fingerprint density at radius 3 is 2.45 bits per heavy atom. The minimum atomic E-state index is -0.621. The monoisotopic (exact) mass is 522 g/mol. The number of rotatable bonds is 7. The first-order valence-corrected chi connectivity index (χ1v) is 13.1. The average Bonchev–Trinajstić information content (AvgIpc) is 3.14. The summed E-state index contributed by atoms with van der Waals surface area (Å²) in [5.74, 6) is -0.961. The number of hydrogen-bond donors (Lipinski definition) is 1. The molecule has 0 aliphatic carbocycles. The van der Waals surface area contributed by atoms with Gasteiger partial charge in [-0.05, 0) is 62.6 Å². The number of halogens is 1. The van der Waals surface area contributed by atoms with Crippen molar-refractivity contribution in [2.24, 2.45) is 0 Å². The fraction of sp³-hybridized carbons (Fsp3) is 0.414. The number of nitrogens with one attached hydrogen (secondary N) is 1. The second-order valence-electron chi connectivity index (χ2n) is 9.49. The molecule has 0 bridgehead atoms. The van der Waals surface area contributed by atoms with E-state index >= 15 is 0 Å². The normalized spacial score (nSPS) is 18.7. The van der Waals surface area contributed by atoms with Gasteiger partial charge in [-0.2, -0.15) is 0 Å². The van der Waals surface area contributed by atoms with Crippen molar-refractivity contribution in [3.8, 4) is 0 Å². The van der Waals surface area contributed by atoms with Crippen molar-refractivity contribution < 1.29 is 23.5 Å². The molecule has 8 nitrogen and oxygen atoms in total. The summed E-state index contributed by atoms with van der Waals surface area (Å²) in [6.07, 6.45) is 0.731. The number of likely N-dealkylation sites (N-methyl/N-ethyl adjacent to an activating group) is 1. The molecule has 9 heteroatoms. The zero-order chi connectivity index (χ0) is 27.2. The lowest BCUT2D eigenvalue weighted by Gasteiger charge is -2.38. The van der Waals surface area contributed by atoms with Crippen LogP contribution in [0.1, 0.15) is 47.8 Å². The van der Waals surface area contributed by atoms with Crippen LogP contribution in [-0.4, -0.2) is 78.5 Å². The van der Waals surface area contributed by atoms with Gasteiger partial charge in [0.25, 0.3) is 5.91 Å². The third-order valence-corrected chi connectivity index (χ3v) is 7.09. The standard InChI is InChI=1S/C29H35FN4O4/c1-4-34-24(19-32-15-8-16-33(18-17-32)27(35)21-11-13-22(30)14-12-21)25(28(36)38-5-2)26(31-29(34)37)23-10-7-6-9-20(23)3/h6-7,9-14,26H,4-5,8,15-19H2,1-3H3,(H,31,37)/t26-/m0/s1. The van der Waals surface area contributed by atoms with E-state index in [-0.39, 0.29) is 24.4 Å². The molecule has 0 aromatic heterocycles. The van der Waals surface area contributed by atoms with Crippen LogP contribution in [-0.2, 0) is 9.53 Å². The first-order valence-electron chi connectivity index (χ1n) is 13.1. The van der Waals surface area contributed by atoms with Gasteiger partial charge in [0.1, 0.15) is 5.82 Å². The molecule has 2 aliphatic heterocycles. The summed E-state index contributed by atoms with van der Waals surface area (Å²) >= 11 is 0. The second kappa shape index (κ2) is 12.2. The first-order chi connectivity index (χ1) is 18.3. The molecule has 2 aromatic rings. The molecule has 202 valence electrons. The zero-order valence-electron chi connectivity index (χ0n) is 22.2. The van der Waals surface area contributed by atoms with E-state index in [1.54, 1.807) is 16.7 Å². The number of amides is 3. The van der Waals surface area contributed by atoms with Gasteiger partial charge in [0.05, 0.1) is 18.2 Å². The molecule has 2 aromatic carbocycles. The van der Waals surface area contributed by atoms with E-state index in [0.717, 1.165) is 17.5 Å². The van der Waals surface area contributed by atoms with Crippen molar-refractivity contribution in [2.45, 2.75) is 33.2 Å². The average molecular weight is 523 g/mol. The highest BCUT2D eigenvalue weighted by Crippen LogP contribution is 2.33. The van der Waals surface area contributed by atoms with E-state index in [1.807, 2.05) is 38.1 Å². The maximum absolute atomic E-state index is 13.3. The summed E-state index contributed by atoms with van der Waals surface area (Å²) in [4.78, 5) is 45.1. The van der Waals surface area contributed by atoms with Crippen molar-refractivity contribution in [2.75, 3.05) is 45.9 Å². The van der Waals surface area contributed by atoms with Crippen LogP contribution in [0.2, 0.25) is 0 Å². The lowest BCUT2D eigenvalue weighted by atomic mass is 9.91. The van der Waals surface area contributed by atoms with Gasteiger partial charge in [0, 0.05) is 50.5 Å². The third-order valence-electron chi connectivity index (χ3n) is 7.09. The topological polar surface area (TPSA) is 82.2 Å². The van der Waals surface area contributed by atoms with Crippen LogP contribution in [0.25, 0.3) is 0 Å². The molecule has 3 amide bonds. The number of hydrogen-bond acceptors (Lipinski definition) is 5. The van der Waals surface area contributed by atoms with E-state index < -0.39 is 12.0 Å². The number of aryl methyl sites for hydroxylation is 1. The van der Waals surface area contributed by atoms with E-state index in [9.17, 15) is 18.8 Å². The molecular formula is C29H35FN4O4. The van der Waals surface area contributed by atoms with Crippen LogP contribution >= 0.6 is 0 Å². The maximum atomic E-state index is 13.3. The van der Waals surface area contributed by atoms with Crippen molar-refractivity contribution in [3.05, 3.63) is 82.3 Å². The highest BCUT2D eigenvalue weighted by atomic mass is 19.1. The molecular weight excluding hydrogens is 487 g/mol. The maximum Gasteiger partial charge on any atom is 0.338 e. The van der Waals surface area contributed by atoms with Gasteiger partial charge in [-0.1, -0.05) is 24.3 Å². The number of urea groups is 1. The summed E-state index contributed by atoms with van der Waals surface area (Å²) < 4.78 is 18.8. The zero-order valence-corrected chi connectivity index (χ0v) is 22.2. The molecule has 0 spiro atoms. The number of carbonyl (C=O) groups excluding carboxylic acids is 3. The summed E-state index contributed by atoms with van der Waals surface area (Å²) in [7, 11) is 0. The smallest absolute Gasteiger partial charge is 0.338 e. The Hall–Kier alpha value is -3.72. The number of carbonyl (C=O) groups is 3. The molecule has 1 atom stereocenters. The van der Waals surface area contributed by atoms with Crippen LogP contribution in [0.15, 0.2) is 59.8 Å². The van der Waals surface area contributed by atoms with Crippen LogP contribution in [0.4, 0.5) is 9.18 Å². The summed E-state index contributed by atoms with van der Waals surface area (Å²) in [6.45, 7) is 8.91. The van der Waals surface area contributed by atoms with E-state index in [1.165, 1.54) is 24.3 Å². The molecule has 0 radical (unpaired) electrons. The van der Waals surface area contributed by atoms with Crippen molar-refractivity contribution in [1.82, 2.24) is 20.0 Å². The fourth-order valence-electron chi connectivity index (χ4n) is 5.12. The molecule has 2 heterocycles. The molecule has 38 heavy (non-hydrogen) atoms. The number of esters is 1. The van der Waals surface area contributed by atoms with Crippen molar-refractivity contribution in [1.29, 1.82) is 0 Å². The Morgan fingerprint density at radius 1 is 1.03 bits per heavy atom. The molecule has 1 N–H and O–H groups in total. The Bertz CT molecular complexity index is 1210. The minimum absolute atomic E-state index is 0.134. The lowest BCUT2D eigenvalue weighted by molar-refractivity contribution is -0.139. The first kappa shape index (κ1) is 27.3. The molecule has 1 saturated heterocycles. The van der Waals surface area contributed by atoms with Gasteiger partial charge in [0.15, 0.2) is 0 Å². The molecule has 2 aliphatic rings. The predicted octanol–water partition coefficient (Wildman–Crippen LogP) is 3.89. The Kier molecular flexibility index (Phi) is 8.78. The lowest BCUT2D eigenvalue weighted by Crippen LogP contribution is -2.51. The van der Waals surface area contributed by atoms with Gasteiger partial charge in [-0.25, -0.2) is 14.0 Å². The highest BCUT2D eigenvalue weighted by Gasteiger charge is 2.39. The highest BCUT2D eigenvalue weighted by molar-refractivity contribution is 5.95. The van der Waals surface area contributed by atoms with Crippen LogP contribution in [0.5, 0.6) is 0 Å². The van der Waals surface area contributed by atoms with Crippen molar-refractivity contribution in [3.63, 3.8) is 0 Å². The van der Waals surface area contributed by atoms with Gasteiger partial charge in [0.2, 0.25) is 0 Å². The fourth-order valence-corrected chi connectivity index (χ4v) is 5.12. The predicted molar refractivity (Wildman–Crippen MR) is 142 cm³/mol. The second-order valence-corrected chi connectivity index (χ2v) is 9.49. The van der Waals surface area contributed by atoms with Gasteiger partial charge >= 0.3 is 12.0 Å². The summed E-state index contributed by atoms with van der Waals surface area (Å²) in [5, 5.41) is 3.02. The van der Waals surface area contributed by atoms with E-state index in [0.29, 0.717) is 56.1 Å². The summed E-state index contributed by atoms with van der Waals surface area (Å²) in [6, 6.07) is 12.4. The quantitative estimate of drug-likeness (QED) is 0.558. The Labute approximate surface area is 223 Å². The molecule has 4 rings (SSSR count). The number of ether oxygens (including phenoxy) is 1. The largest absolute Gasteiger partial charge is 0.463 e. The number of nitrogens with zero attached hydrogens (tertiary/aromatic N) is 3. The SMILES string of the molecule is CCOC(=O)C1=C(CN2CCCN(C(=O)c3ccc(F)cc3)CC2)N(CC)C(=O)N[C@H]1c1ccccc1C. The van der Waals surface area contributed by atoms with E-state index in [2.05, 4.69) is 10.2 Å². The van der Waals surface area contributed by atoms with Crippen molar-refractivity contribution >= 4 is 17.9 Å². The molecule has 0 unspecified atom stereocenters. The molecule has 1 fully saturated rings. The molecule has 0 saturated carbocycles. The van der Waals surface area contributed by atoms with Crippen LogP contribution in [0, 0.1) is 12.7 Å². The minimum Gasteiger partial charge on any atom is -0.463 e. The number of benzene rings is 2. The van der Waals surface area contributed by atoms with Crippen LogP contribution < -0.4 is 5.32 Å². The summed E-state index contributed by atoms with van der Waals surface area (Å²) in [5.41, 5.74) is 3.33.